The van der Waals surface area contributed by atoms with Crippen molar-refractivity contribution in [3.63, 3.8) is 0 Å². The number of aliphatic hydroxyl groups is 1. The lowest BCUT2D eigenvalue weighted by Crippen LogP contribution is -2.43. The van der Waals surface area contributed by atoms with Crippen LogP contribution >= 0.6 is 0 Å². The summed E-state index contributed by atoms with van der Waals surface area (Å²) in [6, 6.07) is 7.25. The Morgan fingerprint density at radius 1 is 1.11 bits per heavy atom. The molecular weight excluding hydrogens is 362 g/mol. The maximum atomic E-state index is 13.5. The third kappa shape index (κ3) is 4.14. The summed E-state index contributed by atoms with van der Waals surface area (Å²) < 4.78 is 37.1. The molecule has 1 aliphatic rings. The Balaban J connectivity index is 1.62. The average molecular weight is 378 g/mol. The van der Waals surface area contributed by atoms with E-state index in [0.29, 0.717) is 17.1 Å². The predicted molar refractivity (Wildman–Crippen MR) is 90.1 cm³/mol. The summed E-state index contributed by atoms with van der Waals surface area (Å²) >= 11 is 0. The zero-order chi connectivity index (χ0) is 19.6. The van der Waals surface area contributed by atoms with Crippen LogP contribution in [0.1, 0.15) is 12.5 Å². The number of carbonyl (C=O) groups is 2. The van der Waals surface area contributed by atoms with Crippen molar-refractivity contribution < 1.29 is 33.0 Å². The molecule has 0 radical (unpaired) electrons. The normalized spacial score (nSPS) is 14.4. The summed E-state index contributed by atoms with van der Waals surface area (Å²) in [5.41, 5.74) is -1.54. The largest absolute Gasteiger partial charge is 0.454 e. The molecule has 2 amide bonds. The minimum atomic E-state index is -1.51. The third-order valence-corrected chi connectivity index (χ3v) is 3.97. The van der Waals surface area contributed by atoms with Gasteiger partial charge in [0.05, 0.1) is 12.2 Å². The molecule has 1 heterocycles. The fourth-order valence-corrected chi connectivity index (χ4v) is 2.44. The summed E-state index contributed by atoms with van der Waals surface area (Å²) in [6.07, 6.45) is 0. The Hall–Kier alpha value is -3.20. The second kappa shape index (κ2) is 7.20. The predicted octanol–water partition coefficient (Wildman–Crippen LogP) is 1.66. The number of nitrogens with one attached hydrogen (secondary N) is 2. The number of ether oxygens (including phenoxy) is 2. The second-order valence-corrected chi connectivity index (χ2v) is 6.10. The van der Waals surface area contributed by atoms with Crippen LogP contribution in [0.5, 0.6) is 11.5 Å². The first-order valence-corrected chi connectivity index (χ1v) is 7.93. The monoisotopic (exact) mass is 378 g/mol. The molecule has 3 N–H and O–H groups in total. The first-order chi connectivity index (χ1) is 12.8. The lowest BCUT2D eigenvalue weighted by atomic mass is 9.95. The summed E-state index contributed by atoms with van der Waals surface area (Å²) in [6.45, 7) is 1.22. The maximum Gasteiger partial charge on any atom is 0.313 e. The highest BCUT2D eigenvalue weighted by Gasteiger charge is 2.28. The molecule has 0 aliphatic carbocycles. The van der Waals surface area contributed by atoms with Crippen LogP contribution in [0.4, 0.5) is 14.5 Å². The lowest BCUT2D eigenvalue weighted by Gasteiger charge is -2.24. The van der Waals surface area contributed by atoms with Gasteiger partial charge in [0.2, 0.25) is 6.79 Å². The molecule has 1 aliphatic heterocycles. The molecule has 142 valence electrons. The van der Waals surface area contributed by atoms with Crippen molar-refractivity contribution in [2.75, 3.05) is 18.7 Å². The molecule has 9 heteroatoms. The van der Waals surface area contributed by atoms with Crippen LogP contribution in [0.15, 0.2) is 36.4 Å². The van der Waals surface area contributed by atoms with Crippen molar-refractivity contribution >= 4 is 17.5 Å². The van der Waals surface area contributed by atoms with Crippen molar-refractivity contribution in [3.05, 3.63) is 53.6 Å². The van der Waals surface area contributed by atoms with Gasteiger partial charge in [0.25, 0.3) is 0 Å². The highest BCUT2D eigenvalue weighted by atomic mass is 19.1. The quantitative estimate of drug-likeness (QED) is 0.703. The van der Waals surface area contributed by atoms with E-state index in [2.05, 4.69) is 5.32 Å². The highest BCUT2D eigenvalue weighted by molar-refractivity contribution is 6.39. The number of amides is 2. The smallest absolute Gasteiger partial charge is 0.313 e. The Morgan fingerprint density at radius 3 is 2.63 bits per heavy atom. The molecule has 0 bridgehead atoms. The molecule has 0 aromatic heterocycles. The van der Waals surface area contributed by atoms with Gasteiger partial charge in [-0.15, -0.1) is 0 Å². The second-order valence-electron chi connectivity index (χ2n) is 6.10. The van der Waals surface area contributed by atoms with E-state index in [1.807, 2.05) is 5.32 Å². The van der Waals surface area contributed by atoms with E-state index in [4.69, 9.17) is 9.47 Å². The van der Waals surface area contributed by atoms with Crippen LogP contribution < -0.4 is 20.1 Å². The number of hydrogen-bond acceptors (Lipinski definition) is 5. The van der Waals surface area contributed by atoms with E-state index >= 15 is 0 Å². The number of rotatable bonds is 4. The van der Waals surface area contributed by atoms with E-state index in [-0.39, 0.29) is 13.3 Å². The van der Waals surface area contributed by atoms with E-state index < -0.39 is 34.7 Å². The molecule has 0 saturated heterocycles. The Kier molecular flexibility index (Phi) is 4.95. The first kappa shape index (κ1) is 18.6. The van der Waals surface area contributed by atoms with Gasteiger partial charge in [-0.1, -0.05) is 6.07 Å². The number of carbonyl (C=O) groups excluding carboxylic acids is 2. The van der Waals surface area contributed by atoms with Crippen molar-refractivity contribution in [1.82, 2.24) is 5.32 Å². The minimum Gasteiger partial charge on any atom is -0.454 e. The Bertz CT molecular complexity index is 901. The van der Waals surface area contributed by atoms with E-state index in [9.17, 15) is 23.5 Å². The standard InChI is InChI=1S/C18H16F2N2O5/c1-18(25,10-2-5-14-15(6-10)27-9-26-14)8-21-16(23)17(24)22-13-7-11(19)3-4-12(13)20/h2-7,25H,8-9H2,1H3,(H,21,23)(H,22,24). The lowest BCUT2D eigenvalue weighted by molar-refractivity contribution is -0.136. The summed E-state index contributed by atoms with van der Waals surface area (Å²) in [7, 11) is 0. The average Bonchev–Trinajstić information content (AvgIpc) is 3.10. The van der Waals surface area contributed by atoms with Crippen molar-refractivity contribution in [3.8, 4) is 11.5 Å². The topological polar surface area (TPSA) is 96.9 Å². The number of fused-ring (bicyclic) bond motifs is 1. The Morgan fingerprint density at radius 2 is 1.85 bits per heavy atom. The molecule has 0 fully saturated rings. The molecule has 27 heavy (non-hydrogen) atoms. The fourth-order valence-electron chi connectivity index (χ4n) is 2.44. The minimum absolute atomic E-state index is 0.0779. The highest BCUT2D eigenvalue weighted by Crippen LogP contribution is 2.35. The van der Waals surface area contributed by atoms with Crippen LogP contribution in [-0.4, -0.2) is 30.3 Å². The van der Waals surface area contributed by atoms with Gasteiger partial charge in [-0.3, -0.25) is 9.59 Å². The molecule has 0 spiro atoms. The van der Waals surface area contributed by atoms with Gasteiger partial charge in [0, 0.05) is 6.07 Å². The van der Waals surface area contributed by atoms with Crippen molar-refractivity contribution in [2.24, 2.45) is 0 Å². The number of hydrogen-bond donors (Lipinski definition) is 3. The molecule has 7 nitrogen and oxygen atoms in total. The molecular formula is C18H16F2N2O5. The van der Waals surface area contributed by atoms with Gasteiger partial charge in [0.15, 0.2) is 11.5 Å². The summed E-state index contributed by atoms with van der Waals surface area (Å²) in [5.74, 6) is -2.96. The Labute approximate surface area is 152 Å². The third-order valence-electron chi connectivity index (χ3n) is 3.97. The van der Waals surface area contributed by atoms with Crippen molar-refractivity contribution in [2.45, 2.75) is 12.5 Å². The van der Waals surface area contributed by atoms with Crippen molar-refractivity contribution in [1.29, 1.82) is 0 Å². The van der Waals surface area contributed by atoms with E-state index in [1.165, 1.54) is 6.92 Å². The van der Waals surface area contributed by atoms with E-state index in [1.54, 1.807) is 18.2 Å². The molecule has 2 aromatic rings. The molecule has 1 atom stereocenters. The molecule has 0 saturated carbocycles. The molecule has 1 unspecified atom stereocenters. The molecule has 2 aromatic carbocycles. The number of halogens is 2. The van der Waals surface area contributed by atoms with Crippen LogP contribution in [0.25, 0.3) is 0 Å². The van der Waals surface area contributed by atoms with Crippen LogP contribution in [0, 0.1) is 11.6 Å². The number of anilines is 1. The van der Waals surface area contributed by atoms with Crippen LogP contribution in [0.3, 0.4) is 0 Å². The van der Waals surface area contributed by atoms with Gasteiger partial charge < -0.3 is 25.2 Å². The summed E-state index contributed by atoms with van der Waals surface area (Å²) in [4.78, 5) is 23.8. The molecule has 3 rings (SSSR count). The van der Waals surface area contributed by atoms with Crippen LogP contribution in [0.2, 0.25) is 0 Å². The van der Waals surface area contributed by atoms with Gasteiger partial charge in [-0.05, 0) is 36.8 Å². The summed E-state index contributed by atoms with van der Waals surface area (Å²) in [5, 5.41) is 14.8. The van der Waals surface area contributed by atoms with Gasteiger partial charge in [-0.25, -0.2) is 8.78 Å². The van der Waals surface area contributed by atoms with Gasteiger partial charge >= 0.3 is 11.8 Å². The van der Waals surface area contributed by atoms with Crippen LogP contribution in [-0.2, 0) is 15.2 Å². The SMILES string of the molecule is CC(O)(CNC(=O)C(=O)Nc1cc(F)ccc1F)c1ccc2c(c1)OCO2. The van der Waals surface area contributed by atoms with E-state index in [0.717, 1.165) is 18.2 Å². The fraction of sp³-hybridized carbons (Fsp3) is 0.222. The zero-order valence-corrected chi connectivity index (χ0v) is 14.2. The van der Waals surface area contributed by atoms with Gasteiger partial charge in [-0.2, -0.15) is 0 Å². The van der Waals surface area contributed by atoms with Gasteiger partial charge in [0.1, 0.15) is 17.2 Å². The zero-order valence-electron chi connectivity index (χ0n) is 14.2. The first-order valence-electron chi connectivity index (χ1n) is 7.93. The maximum absolute atomic E-state index is 13.5. The number of benzene rings is 2.